The molecule has 0 spiro atoms. The zero-order chi connectivity index (χ0) is 95.1. The molecule has 0 unspecified atom stereocenters. The van der Waals surface area contributed by atoms with Crippen LogP contribution >= 0.6 is 0 Å². The zero-order valence-corrected chi connectivity index (χ0v) is 78.1. The third-order valence-electron chi connectivity index (χ3n) is 26.8. The van der Waals surface area contributed by atoms with Gasteiger partial charge in [-0.2, -0.15) is 0 Å². The topological polar surface area (TPSA) is 87.1 Å². The van der Waals surface area contributed by atoms with Gasteiger partial charge in [-0.3, -0.25) is 14.7 Å². The lowest BCUT2D eigenvalue weighted by molar-refractivity contribution is 1.11. The Hall–Kier alpha value is -19.2. The molecule has 9 heteroatoms. The van der Waals surface area contributed by atoms with E-state index >= 15 is 0 Å². The fourth-order valence-corrected chi connectivity index (χ4v) is 19.9. The van der Waals surface area contributed by atoms with Crippen LogP contribution in [-0.2, 0) is 0 Å². The molecule has 0 atom stereocenters. The van der Waals surface area contributed by atoms with Crippen LogP contribution in [0.1, 0.15) is 0 Å². The fourth-order valence-electron chi connectivity index (χ4n) is 19.9. The van der Waals surface area contributed by atoms with Gasteiger partial charge in [-0.25, -0.2) is 29.9 Å². The Morgan fingerprint density at radius 1 is 0.140 bits per heavy atom. The first-order valence-corrected chi connectivity index (χ1v) is 48.4. The van der Waals surface area contributed by atoms with Gasteiger partial charge in [0, 0.05) is 77.1 Å². The maximum atomic E-state index is 5.51. The lowest BCUT2D eigenvalue weighted by atomic mass is 9.96. The number of aromatic nitrogens is 6. The van der Waals surface area contributed by atoms with Crippen LogP contribution in [0.15, 0.2) is 552 Å². The number of nitrogens with zero attached hydrogens (tertiary/aromatic N) is 9. The number of benzene rings is 23. The molecule has 26 aromatic rings. The number of anilines is 9. The molecule has 0 saturated carbocycles. The third-order valence-corrected chi connectivity index (χ3v) is 26.8. The van der Waals surface area contributed by atoms with E-state index in [2.05, 4.69) is 549 Å². The minimum absolute atomic E-state index is 0.614. The van der Waals surface area contributed by atoms with Gasteiger partial charge in [-0.05, 0) is 173 Å². The summed E-state index contributed by atoms with van der Waals surface area (Å²) in [5.74, 6) is 1.85. The first-order chi connectivity index (χ1) is 70.9. The van der Waals surface area contributed by atoms with Crippen molar-refractivity contribution >= 4 is 139 Å². The second-order valence-electron chi connectivity index (χ2n) is 35.5. The molecule has 26 rings (SSSR count). The van der Waals surface area contributed by atoms with Gasteiger partial charge in [0.25, 0.3) is 0 Å². The van der Waals surface area contributed by atoms with Gasteiger partial charge in [0.15, 0.2) is 0 Å². The molecular formula is C134H91N9. The van der Waals surface area contributed by atoms with Gasteiger partial charge in [0.2, 0.25) is 17.8 Å². The number of rotatable bonds is 18. The Labute approximate surface area is 829 Å². The van der Waals surface area contributed by atoms with E-state index in [1.807, 2.05) is 18.2 Å². The molecule has 0 saturated heterocycles. The largest absolute Gasteiger partial charge is 0.279 e. The van der Waals surface area contributed by atoms with E-state index < -0.39 is 0 Å². The van der Waals surface area contributed by atoms with Crippen molar-refractivity contribution < 1.29 is 0 Å². The summed E-state index contributed by atoms with van der Waals surface area (Å²) in [6.45, 7) is 0. The predicted molar refractivity (Wildman–Crippen MR) is 599 cm³/mol. The minimum atomic E-state index is 0.614. The van der Waals surface area contributed by atoms with Gasteiger partial charge >= 0.3 is 0 Å². The first kappa shape index (κ1) is 86.6. The molecule has 0 radical (unpaired) electrons. The van der Waals surface area contributed by atoms with E-state index in [1.165, 1.54) is 22.1 Å². The Balaban J connectivity index is 0.000000116. The lowest BCUT2D eigenvalue weighted by Gasteiger charge is -2.28. The van der Waals surface area contributed by atoms with E-state index in [1.54, 1.807) is 0 Å². The van der Waals surface area contributed by atoms with Crippen molar-refractivity contribution in [1.29, 1.82) is 0 Å². The molecule has 0 aliphatic heterocycles. The van der Waals surface area contributed by atoms with E-state index in [0.717, 1.165) is 199 Å². The highest BCUT2D eigenvalue weighted by Gasteiger charge is 2.30. The Kier molecular flexibility index (Phi) is 23.7. The SMILES string of the molecule is c1ccc(-c2ccc(N(c3ccc4ccccc4c3)c3nc(-c4ccccc4)c4ccc5ccccc5c4n3)c(-c3ccccc3)c2)cc1.c1ccc(-c2ccc(N(c3ccccc3)c3nc(-c4ccccc4)c4ccc5ccccc5c4n3)c(-c3ccccc3)c2)cc1.c1ccc(-c2ccc(N(c3nc(-c4ccccc4)c4c(ccc5ccccc54)n3)c3cccc4ccccc34)c(-c3ccccc3)c2)cc1. The first-order valence-electron chi connectivity index (χ1n) is 48.4. The number of para-hydroxylation sites is 1. The van der Waals surface area contributed by atoms with E-state index in [-0.39, 0.29) is 0 Å². The van der Waals surface area contributed by atoms with Crippen molar-refractivity contribution in [2.24, 2.45) is 0 Å². The normalized spacial score (nSPS) is 11.2. The molecule has 0 aliphatic carbocycles. The monoisotopic (exact) mass is 1830 g/mol. The van der Waals surface area contributed by atoms with Crippen molar-refractivity contribution in [3.05, 3.63) is 552 Å². The summed E-state index contributed by atoms with van der Waals surface area (Å²) in [5.41, 5.74) is 28.2. The van der Waals surface area contributed by atoms with Crippen LogP contribution in [0, 0.1) is 0 Å². The molecule has 3 aromatic heterocycles. The van der Waals surface area contributed by atoms with E-state index in [4.69, 9.17) is 29.9 Å². The molecule has 23 aromatic carbocycles. The Morgan fingerprint density at radius 2 is 0.441 bits per heavy atom. The molecule has 9 nitrogen and oxygen atoms in total. The molecule has 143 heavy (non-hydrogen) atoms. The highest BCUT2D eigenvalue weighted by Crippen LogP contribution is 2.50. The molecule has 3 heterocycles. The van der Waals surface area contributed by atoms with Gasteiger partial charge in [0.05, 0.1) is 56.4 Å². The molecule has 0 bridgehead atoms. The van der Waals surface area contributed by atoms with Gasteiger partial charge < -0.3 is 0 Å². The summed E-state index contributed by atoms with van der Waals surface area (Å²) < 4.78 is 0. The van der Waals surface area contributed by atoms with Gasteiger partial charge in [0.1, 0.15) is 0 Å². The van der Waals surface area contributed by atoms with Crippen molar-refractivity contribution in [3.63, 3.8) is 0 Å². The second-order valence-corrected chi connectivity index (χ2v) is 35.5. The maximum Gasteiger partial charge on any atom is 0.235 e. The summed E-state index contributed by atoms with van der Waals surface area (Å²) in [4.78, 5) is 39.2. The lowest BCUT2D eigenvalue weighted by Crippen LogP contribution is -2.15. The van der Waals surface area contributed by atoms with Crippen LogP contribution in [0.25, 0.3) is 187 Å². The van der Waals surface area contributed by atoms with Crippen molar-refractivity contribution in [2.75, 3.05) is 14.7 Å². The van der Waals surface area contributed by atoms with Crippen LogP contribution < -0.4 is 14.7 Å². The molecule has 0 fully saturated rings. The van der Waals surface area contributed by atoms with E-state index in [0.29, 0.717) is 17.8 Å². The summed E-state index contributed by atoms with van der Waals surface area (Å²) in [5, 5.41) is 14.5. The standard InChI is InChI=1S/2C46H31N3.C42H29N3/c1-4-15-32(16-5-1)37-28-30-43(40(31-37)34-17-6-2-7-18-34)49(42-26-14-23-33-19-10-12-24-38(33)42)46-47-41-29-27-35-20-11-13-25-39(35)44(41)45(48-46)36-21-8-3-9-22-36;1-4-14-32(15-5-1)38-26-29-43(42(31-38)34-17-6-2-7-18-34)49(39-27-24-33-16-10-11-22-37(33)30-39)46-47-44(36-20-8-3-9-21-36)41-28-25-35-19-12-13-23-40(35)45(41)48-46;1-5-15-30(16-6-1)34-26-28-39(38(29-34)31-17-7-2-8-18-31)45(35-22-11-4-12-23-35)42-43-40(33-20-9-3-10-21-33)37-27-25-32-19-13-14-24-36(32)41(37)44-42/h2*1-31H;1-29H. The fraction of sp³-hybridized carbons (Fsp3) is 0. The smallest absolute Gasteiger partial charge is 0.235 e. The van der Waals surface area contributed by atoms with Crippen LogP contribution in [0.4, 0.5) is 52.0 Å². The summed E-state index contributed by atoms with van der Waals surface area (Å²) >= 11 is 0. The van der Waals surface area contributed by atoms with Crippen molar-refractivity contribution in [2.45, 2.75) is 0 Å². The summed E-state index contributed by atoms with van der Waals surface area (Å²) in [6, 6.07) is 194. The average molecular weight is 1830 g/mol. The molecule has 0 N–H and O–H groups in total. The molecule has 0 amide bonds. The third kappa shape index (κ3) is 17.4. The van der Waals surface area contributed by atoms with E-state index in [9.17, 15) is 0 Å². The minimum Gasteiger partial charge on any atom is -0.279 e. The van der Waals surface area contributed by atoms with Gasteiger partial charge in [-0.1, -0.05) is 467 Å². The number of fused-ring (bicyclic) bond motifs is 11. The van der Waals surface area contributed by atoms with Crippen LogP contribution in [-0.4, -0.2) is 29.9 Å². The average Bonchev–Trinajstić information content (AvgIpc) is 0.757. The van der Waals surface area contributed by atoms with Crippen LogP contribution in [0.2, 0.25) is 0 Å². The van der Waals surface area contributed by atoms with Crippen molar-refractivity contribution in [3.8, 4) is 101 Å². The zero-order valence-electron chi connectivity index (χ0n) is 78.1. The predicted octanol–water partition coefficient (Wildman–Crippen LogP) is 36.1. The van der Waals surface area contributed by atoms with Crippen LogP contribution in [0.3, 0.4) is 0 Å². The quantitative estimate of drug-likeness (QED) is 0.0780. The number of hydrogen-bond acceptors (Lipinski definition) is 9. The van der Waals surface area contributed by atoms with Gasteiger partial charge in [-0.15, -0.1) is 0 Å². The summed E-state index contributed by atoms with van der Waals surface area (Å²) in [6.07, 6.45) is 0. The Morgan fingerprint density at radius 3 is 0.874 bits per heavy atom. The van der Waals surface area contributed by atoms with Crippen molar-refractivity contribution in [1.82, 2.24) is 29.9 Å². The highest BCUT2D eigenvalue weighted by molar-refractivity contribution is 6.15. The summed E-state index contributed by atoms with van der Waals surface area (Å²) in [7, 11) is 0. The maximum absolute atomic E-state index is 5.51. The molecule has 672 valence electrons. The molecule has 0 aliphatic rings. The number of hydrogen-bond donors (Lipinski definition) is 0. The Bertz CT molecular complexity index is 9120. The van der Waals surface area contributed by atoms with Crippen LogP contribution in [0.5, 0.6) is 0 Å². The molecular weight excluding hydrogens is 1740 g/mol. The second kappa shape index (κ2) is 39.1. The highest BCUT2D eigenvalue weighted by atomic mass is 15.3.